The van der Waals surface area contributed by atoms with Crippen LogP contribution >= 0.6 is 0 Å². The Bertz CT molecular complexity index is 943. The summed E-state index contributed by atoms with van der Waals surface area (Å²) in [7, 11) is 0. The Morgan fingerprint density at radius 1 is 0.833 bits per heavy atom. The first kappa shape index (κ1) is 25.5. The Kier molecular flexibility index (Phi) is 9.54. The van der Waals surface area contributed by atoms with Crippen molar-refractivity contribution in [3.05, 3.63) is 77.9 Å². The van der Waals surface area contributed by atoms with Gasteiger partial charge in [-0.3, -0.25) is 0 Å². The predicted molar refractivity (Wildman–Crippen MR) is 120 cm³/mol. The molecule has 0 N–H and O–H groups in total. The minimum absolute atomic E-state index is 0. The van der Waals surface area contributed by atoms with E-state index in [2.05, 4.69) is 94.5 Å². The summed E-state index contributed by atoms with van der Waals surface area (Å²) >= 11 is -2.05. The van der Waals surface area contributed by atoms with Crippen LogP contribution in [-0.4, -0.2) is 3.21 Å². The van der Waals surface area contributed by atoms with E-state index in [0.717, 1.165) is 18.3 Å². The van der Waals surface area contributed by atoms with E-state index in [1.54, 1.807) is 8.83 Å². The molecule has 2 aromatic rings. The molecule has 0 saturated carbocycles. The minimum Gasteiger partial charge on any atom is -1.00 e. The van der Waals surface area contributed by atoms with Crippen molar-refractivity contribution >= 4 is 6.48 Å². The van der Waals surface area contributed by atoms with E-state index in [0.29, 0.717) is 3.63 Å². The summed E-state index contributed by atoms with van der Waals surface area (Å²) in [5.74, 6) is 1.49. The van der Waals surface area contributed by atoms with Gasteiger partial charge in [-0.15, -0.1) is 0 Å². The summed E-state index contributed by atoms with van der Waals surface area (Å²) in [6.07, 6.45) is 13.3. The summed E-state index contributed by atoms with van der Waals surface area (Å²) in [6.45, 7) is 9.58. The summed E-state index contributed by atoms with van der Waals surface area (Å²) < 4.78 is 4.37. The first-order valence-electron chi connectivity index (χ1n) is 10.8. The van der Waals surface area contributed by atoms with Crippen LogP contribution in [0.15, 0.2) is 66.8 Å². The average molecular weight is 519 g/mol. The molecule has 30 heavy (non-hydrogen) atoms. The van der Waals surface area contributed by atoms with Crippen molar-refractivity contribution in [1.82, 2.24) is 0 Å². The van der Waals surface area contributed by atoms with Gasteiger partial charge in [0, 0.05) is 0 Å². The molecule has 0 bridgehead atoms. The number of allylic oxidation sites excluding steroid dienone is 4. The van der Waals surface area contributed by atoms with Gasteiger partial charge in [0.05, 0.1) is 0 Å². The van der Waals surface area contributed by atoms with E-state index in [1.807, 2.05) is 3.21 Å². The fraction of sp³-hybridized carbons (Fsp3) is 0.370. The maximum absolute atomic E-state index is 2.50. The number of rotatable bonds is 6. The Morgan fingerprint density at radius 3 is 2.07 bits per heavy atom. The summed E-state index contributed by atoms with van der Waals surface area (Å²) in [5, 5.41) is 0. The topological polar surface area (TPSA) is 0 Å². The fourth-order valence-electron chi connectivity index (χ4n) is 4.93. The van der Waals surface area contributed by atoms with Gasteiger partial charge in [-0.05, 0) is 0 Å². The zero-order valence-corrected chi connectivity index (χ0v) is 22.4. The van der Waals surface area contributed by atoms with E-state index >= 15 is 0 Å². The monoisotopic (exact) mass is 516 g/mol. The third-order valence-electron chi connectivity index (χ3n) is 5.91. The molecule has 0 saturated heterocycles. The van der Waals surface area contributed by atoms with Gasteiger partial charge < -0.3 is 24.8 Å². The van der Waals surface area contributed by atoms with E-state index in [4.69, 9.17) is 0 Å². The SMILES string of the molecule is CC(C)C[C](CC(C)C)=[Zr+2]([c]1cccc2c1Cc1ccccc1-2)[CH]1C=CC=C1.[Cl-].[Cl-]. The summed E-state index contributed by atoms with van der Waals surface area (Å²) in [6, 6.07) is 16.2. The van der Waals surface area contributed by atoms with Crippen molar-refractivity contribution in [2.24, 2.45) is 11.8 Å². The molecule has 0 unspecified atom stereocenters. The smallest absolute Gasteiger partial charge is 1.00 e. The second-order valence-electron chi connectivity index (χ2n) is 9.17. The van der Waals surface area contributed by atoms with Crippen LogP contribution in [-0.2, 0) is 27.7 Å². The first-order valence-corrected chi connectivity index (χ1v) is 14.7. The van der Waals surface area contributed by atoms with Crippen molar-refractivity contribution in [2.75, 3.05) is 0 Å². The van der Waals surface area contributed by atoms with Crippen LogP contribution in [0.2, 0.25) is 3.63 Å². The Hall–Kier alpha value is -0.747. The Morgan fingerprint density at radius 2 is 1.43 bits per heavy atom. The van der Waals surface area contributed by atoms with Crippen LogP contribution in [0.4, 0.5) is 0 Å². The normalized spacial score (nSPS) is 13.5. The number of fused-ring (bicyclic) bond motifs is 3. The molecule has 0 atom stereocenters. The van der Waals surface area contributed by atoms with Gasteiger partial charge >= 0.3 is 179 Å². The van der Waals surface area contributed by atoms with Crippen LogP contribution < -0.4 is 28.1 Å². The van der Waals surface area contributed by atoms with E-state index in [9.17, 15) is 0 Å². The predicted octanol–water partition coefficient (Wildman–Crippen LogP) is 0.688. The van der Waals surface area contributed by atoms with Crippen LogP contribution in [0.3, 0.4) is 0 Å². The summed E-state index contributed by atoms with van der Waals surface area (Å²) in [4.78, 5) is 0. The number of hydrogen-bond donors (Lipinski definition) is 0. The second-order valence-corrected chi connectivity index (χ2v) is 15.9. The average Bonchev–Trinajstić information content (AvgIpc) is 3.29. The van der Waals surface area contributed by atoms with Crippen molar-refractivity contribution in [2.45, 2.75) is 50.6 Å². The van der Waals surface area contributed by atoms with Crippen molar-refractivity contribution < 1.29 is 46.1 Å². The minimum atomic E-state index is -2.05. The largest absolute Gasteiger partial charge is 1.00 e. The standard InChI is InChI=1S/C13H9.C9H18.C5H5.2ClH.Zr/c1-3-7-12-10(5-1)9-11-6-2-4-8-13(11)12;1-8(2)6-5-7-9(3)4;1-2-4-5-3-1;;;/h1-5,7-8H,9H2;8-9H,6-7H2,1-4H3;1-5H;2*1H;/q;;;;;+2/p-2. The van der Waals surface area contributed by atoms with Crippen LogP contribution in [0.25, 0.3) is 11.1 Å². The van der Waals surface area contributed by atoms with E-state index < -0.39 is 21.3 Å². The second kappa shape index (κ2) is 11.2. The van der Waals surface area contributed by atoms with Gasteiger partial charge in [0.25, 0.3) is 0 Å². The van der Waals surface area contributed by atoms with Crippen LogP contribution in [0.1, 0.15) is 51.7 Å². The van der Waals surface area contributed by atoms with Crippen molar-refractivity contribution in [3.63, 3.8) is 0 Å². The zero-order chi connectivity index (χ0) is 19.7. The van der Waals surface area contributed by atoms with Crippen LogP contribution in [0.5, 0.6) is 0 Å². The molecule has 0 radical (unpaired) electrons. The van der Waals surface area contributed by atoms with Gasteiger partial charge in [-0.2, -0.15) is 0 Å². The molecule has 0 spiro atoms. The molecule has 2 aliphatic carbocycles. The first-order chi connectivity index (χ1) is 13.5. The molecule has 158 valence electrons. The summed E-state index contributed by atoms with van der Waals surface area (Å²) in [5.41, 5.74) is 6.13. The fourth-order valence-corrected chi connectivity index (χ4v) is 14.5. The Labute approximate surface area is 202 Å². The third kappa shape index (κ3) is 5.35. The number of halogens is 2. The van der Waals surface area contributed by atoms with E-state index in [-0.39, 0.29) is 24.8 Å². The van der Waals surface area contributed by atoms with Crippen LogP contribution in [0, 0.1) is 11.8 Å². The molecule has 2 aliphatic rings. The molecular formula is C27H32Cl2Zr. The molecule has 0 amide bonds. The molecule has 0 aliphatic heterocycles. The van der Waals surface area contributed by atoms with Crippen molar-refractivity contribution in [3.8, 4) is 11.1 Å². The van der Waals surface area contributed by atoms with Gasteiger partial charge in [-0.1, -0.05) is 0 Å². The van der Waals surface area contributed by atoms with Gasteiger partial charge in [-0.25, -0.2) is 0 Å². The molecule has 0 aromatic heterocycles. The number of benzene rings is 2. The molecule has 0 fully saturated rings. The molecule has 0 nitrogen and oxygen atoms in total. The zero-order valence-electron chi connectivity index (χ0n) is 18.5. The maximum Gasteiger partial charge on any atom is -1.00 e. The molecular weight excluding hydrogens is 486 g/mol. The molecule has 3 heteroatoms. The quantitative estimate of drug-likeness (QED) is 0.451. The molecule has 2 aromatic carbocycles. The van der Waals surface area contributed by atoms with E-state index in [1.165, 1.54) is 29.5 Å². The van der Waals surface area contributed by atoms with Crippen molar-refractivity contribution in [1.29, 1.82) is 0 Å². The third-order valence-corrected chi connectivity index (χ3v) is 14.0. The molecule has 4 rings (SSSR count). The van der Waals surface area contributed by atoms with Gasteiger partial charge in [0.15, 0.2) is 0 Å². The maximum atomic E-state index is 2.50. The van der Waals surface area contributed by atoms with Gasteiger partial charge in [0.1, 0.15) is 0 Å². The van der Waals surface area contributed by atoms with Gasteiger partial charge in [0.2, 0.25) is 0 Å². The molecule has 0 heterocycles. The number of hydrogen-bond acceptors (Lipinski definition) is 0. The Balaban J connectivity index is 0.00000160.